The van der Waals surface area contributed by atoms with Gasteiger partial charge in [-0.25, -0.2) is 4.98 Å². The highest BCUT2D eigenvalue weighted by Gasteiger charge is 2.14. The molecular formula is C19H25BrClN5OS. The minimum atomic E-state index is 0. The molecule has 0 spiro atoms. The fourth-order valence-electron chi connectivity index (χ4n) is 3.11. The lowest BCUT2D eigenvalue weighted by Gasteiger charge is -2.11. The quantitative estimate of drug-likeness (QED) is 0.249. The van der Waals surface area contributed by atoms with Crippen LogP contribution in [0.2, 0.25) is 0 Å². The fraction of sp³-hybridized carbons (Fsp3) is 0.421. The second-order valence-corrected chi connectivity index (χ2v) is 8.30. The summed E-state index contributed by atoms with van der Waals surface area (Å²) in [7, 11) is 0. The topological polar surface area (TPSA) is 89.8 Å². The van der Waals surface area contributed by atoms with Crippen LogP contribution in [-0.2, 0) is 17.9 Å². The van der Waals surface area contributed by atoms with Gasteiger partial charge in [0.05, 0.1) is 17.2 Å². The molecule has 0 radical (unpaired) electrons. The SMILES string of the molecule is CCOCc1nc2cnc3cc(Br)ccc3c2n1CCCCCSC(=N)N.Cl. The van der Waals surface area contributed by atoms with Gasteiger partial charge in [0.2, 0.25) is 0 Å². The summed E-state index contributed by atoms with van der Waals surface area (Å²) in [4.78, 5) is 9.34. The Kier molecular flexibility index (Phi) is 9.01. The summed E-state index contributed by atoms with van der Waals surface area (Å²) >= 11 is 4.93. The average Bonchev–Trinajstić information content (AvgIpc) is 3.00. The van der Waals surface area contributed by atoms with E-state index in [0.717, 1.165) is 63.8 Å². The molecule has 3 rings (SSSR count). The molecule has 0 aliphatic carbocycles. The summed E-state index contributed by atoms with van der Waals surface area (Å²) in [6, 6.07) is 6.18. The van der Waals surface area contributed by atoms with Crippen LogP contribution in [0, 0.1) is 5.41 Å². The van der Waals surface area contributed by atoms with Crippen molar-refractivity contribution < 1.29 is 4.74 Å². The number of ether oxygens (including phenoxy) is 1. The van der Waals surface area contributed by atoms with Crippen molar-refractivity contribution >= 4 is 67.2 Å². The smallest absolute Gasteiger partial charge is 0.151 e. The van der Waals surface area contributed by atoms with E-state index >= 15 is 0 Å². The minimum Gasteiger partial charge on any atom is -0.379 e. The standard InChI is InChI=1S/C19H24BrN5OS.ClH/c1-2-26-12-17-24-16-11-23-15-10-13(20)6-7-14(15)18(16)25(17)8-4-3-5-9-27-19(21)22;/h6-7,10-11H,2-5,8-9,12H2,1H3,(H3,21,22);1H. The number of rotatable bonds is 9. The summed E-state index contributed by atoms with van der Waals surface area (Å²) in [6.45, 7) is 4.05. The monoisotopic (exact) mass is 485 g/mol. The van der Waals surface area contributed by atoms with E-state index in [4.69, 9.17) is 20.9 Å². The second kappa shape index (κ2) is 11.0. The number of nitrogens with one attached hydrogen (secondary N) is 1. The second-order valence-electron chi connectivity index (χ2n) is 6.24. The third kappa shape index (κ3) is 5.59. The van der Waals surface area contributed by atoms with Crippen LogP contribution in [0.4, 0.5) is 0 Å². The van der Waals surface area contributed by atoms with E-state index in [1.807, 2.05) is 25.3 Å². The van der Waals surface area contributed by atoms with Crippen LogP contribution in [0.1, 0.15) is 32.0 Å². The molecule has 28 heavy (non-hydrogen) atoms. The summed E-state index contributed by atoms with van der Waals surface area (Å²) in [5, 5.41) is 8.57. The number of aryl methyl sites for hydroxylation is 1. The van der Waals surface area contributed by atoms with Gasteiger partial charge in [-0.05, 0) is 38.0 Å². The van der Waals surface area contributed by atoms with Crippen LogP contribution in [0.5, 0.6) is 0 Å². The number of thioether (sulfide) groups is 1. The van der Waals surface area contributed by atoms with Crippen molar-refractivity contribution in [3.8, 4) is 0 Å². The van der Waals surface area contributed by atoms with Gasteiger partial charge in [-0.1, -0.05) is 34.1 Å². The Hall–Kier alpha value is -1.35. The van der Waals surface area contributed by atoms with Crippen molar-refractivity contribution in [1.29, 1.82) is 5.41 Å². The number of unbranched alkanes of at least 4 members (excludes halogenated alkanes) is 2. The summed E-state index contributed by atoms with van der Waals surface area (Å²) in [5.41, 5.74) is 8.38. The molecule has 9 heteroatoms. The zero-order valence-corrected chi connectivity index (χ0v) is 19.0. The minimum absolute atomic E-state index is 0. The molecular weight excluding hydrogens is 462 g/mol. The van der Waals surface area contributed by atoms with Gasteiger partial charge in [-0.2, -0.15) is 0 Å². The molecule has 2 heterocycles. The van der Waals surface area contributed by atoms with E-state index in [0.29, 0.717) is 13.2 Å². The number of imidazole rings is 1. The molecule has 0 atom stereocenters. The summed E-state index contributed by atoms with van der Waals surface area (Å²) in [5.74, 6) is 1.84. The number of amidine groups is 1. The highest BCUT2D eigenvalue weighted by Crippen LogP contribution is 2.27. The van der Waals surface area contributed by atoms with Gasteiger partial charge in [-0.3, -0.25) is 10.4 Å². The molecule has 1 aromatic carbocycles. The van der Waals surface area contributed by atoms with Crippen LogP contribution in [0.15, 0.2) is 28.9 Å². The molecule has 0 bridgehead atoms. The Morgan fingerprint density at radius 2 is 2.11 bits per heavy atom. The number of fused-ring (bicyclic) bond motifs is 3. The maximum atomic E-state index is 7.27. The Balaban J connectivity index is 0.00000280. The van der Waals surface area contributed by atoms with Crippen molar-refractivity contribution in [1.82, 2.24) is 14.5 Å². The zero-order valence-electron chi connectivity index (χ0n) is 15.8. The fourth-order valence-corrected chi connectivity index (χ4v) is 4.03. The molecule has 0 fully saturated rings. The number of pyridine rings is 1. The molecule has 0 unspecified atom stereocenters. The largest absolute Gasteiger partial charge is 0.379 e. The van der Waals surface area contributed by atoms with Crippen molar-refractivity contribution in [3.05, 3.63) is 34.7 Å². The van der Waals surface area contributed by atoms with Gasteiger partial charge >= 0.3 is 0 Å². The van der Waals surface area contributed by atoms with E-state index in [1.165, 1.54) is 11.8 Å². The molecule has 0 aliphatic rings. The Morgan fingerprint density at radius 1 is 1.29 bits per heavy atom. The number of nitrogens with zero attached hydrogens (tertiary/aromatic N) is 3. The lowest BCUT2D eigenvalue weighted by molar-refractivity contribution is 0.126. The van der Waals surface area contributed by atoms with E-state index < -0.39 is 0 Å². The van der Waals surface area contributed by atoms with E-state index in [2.05, 4.69) is 31.5 Å². The Bertz CT molecular complexity index is 949. The average molecular weight is 487 g/mol. The van der Waals surface area contributed by atoms with Gasteiger partial charge in [0, 0.05) is 28.8 Å². The highest BCUT2D eigenvalue weighted by molar-refractivity contribution is 9.10. The van der Waals surface area contributed by atoms with Crippen LogP contribution in [-0.4, -0.2) is 32.1 Å². The number of aromatic nitrogens is 3. The van der Waals surface area contributed by atoms with Gasteiger partial charge < -0.3 is 15.0 Å². The first kappa shape index (κ1) is 22.9. The van der Waals surface area contributed by atoms with Crippen molar-refractivity contribution in [2.24, 2.45) is 5.73 Å². The molecule has 3 N–H and O–H groups in total. The molecule has 152 valence electrons. The molecule has 0 aliphatic heterocycles. The molecule has 0 amide bonds. The zero-order chi connectivity index (χ0) is 19.2. The third-order valence-electron chi connectivity index (χ3n) is 4.33. The van der Waals surface area contributed by atoms with Crippen molar-refractivity contribution in [2.45, 2.75) is 39.3 Å². The van der Waals surface area contributed by atoms with Gasteiger partial charge in [0.25, 0.3) is 0 Å². The molecule has 0 saturated carbocycles. The van der Waals surface area contributed by atoms with Crippen LogP contribution < -0.4 is 5.73 Å². The molecule has 3 aromatic rings. The predicted octanol–water partition coefficient (Wildman–Crippen LogP) is 5.10. The number of hydrogen-bond donors (Lipinski definition) is 2. The maximum Gasteiger partial charge on any atom is 0.151 e. The highest BCUT2D eigenvalue weighted by atomic mass is 79.9. The van der Waals surface area contributed by atoms with E-state index in [9.17, 15) is 0 Å². The first-order valence-corrected chi connectivity index (χ1v) is 10.9. The number of halogens is 2. The number of hydrogen-bond acceptors (Lipinski definition) is 5. The Labute approximate surface area is 183 Å². The maximum absolute atomic E-state index is 7.27. The van der Waals surface area contributed by atoms with E-state index in [1.54, 1.807) is 0 Å². The van der Waals surface area contributed by atoms with Crippen LogP contribution in [0.3, 0.4) is 0 Å². The lowest BCUT2D eigenvalue weighted by Crippen LogP contribution is -2.07. The molecule has 2 aromatic heterocycles. The van der Waals surface area contributed by atoms with Gasteiger partial charge in [0.1, 0.15) is 17.9 Å². The van der Waals surface area contributed by atoms with Gasteiger partial charge in [0.15, 0.2) is 5.17 Å². The first-order chi connectivity index (χ1) is 13.1. The van der Waals surface area contributed by atoms with Crippen molar-refractivity contribution in [3.63, 3.8) is 0 Å². The molecule has 0 saturated heterocycles. The summed E-state index contributed by atoms with van der Waals surface area (Å²) in [6.07, 6.45) is 5.03. The number of benzene rings is 1. The summed E-state index contributed by atoms with van der Waals surface area (Å²) < 4.78 is 8.94. The Morgan fingerprint density at radius 3 is 2.86 bits per heavy atom. The first-order valence-electron chi connectivity index (χ1n) is 9.08. The van der Waals surface area contributed by atoms with Crippen molar-refractivity contribution in [2.75, 3.05) is 12.4 Å². The van der Waals surface area contributed by atoms with Gasteiger partial charge in [-0.15, -0.1) is 12.4 Å². The normalized spacial score (nSPS) is 11.1. The molecule has 6 nitrogen and oxygen atoms in total. The van der Waals surface area contributed by atoms with E-state index in [-0.39, 0.29) is 17.6 Å². The van der Waals surface area contributed by atoms with Crippen LogP contribution >= 0.6 is 40.1 Å². The third-order valence-corrected chi connectivity index (χ3v) is 5.63. The predicted molar refractivity (Wildman–Crippen MR) is 124 cm³/mol. The van der Waals surface area contributed by atoms with Crippen LogP contribution in [0.25, 0.3) is 21.9 Å². The number of nitrogens with two attached hydrogens (primary N) is 1. The lowest BCUT2D eigenvalue weighted by atomic mass is 10.2.